The number of benzene rings is 2. The summed E-state index contributed by atoms with van der Waals surface area (Å²) in [5.41, 5.74) is 1.41. The minimum Gasteiger partial charge on any atom is -0.478 e. The lowest BCUT2D eigenvalue weighted by molar-refractivity contribution is -0.154. The summed E-state index contributed by atoms with van der Waals surface area (Å²) < 4.78 is 86.2. The quantitative estimate of drug-likeness (QED) is 0.156. The van der Waals surface area contributed by atoms with Crippen molar-refractivity contribution >= 4 is 17.0 Å². The van der Waals surface area contributed by atoms with Gasteiger partial charge in [0, 0.05) is 41.3 Å². The zero-order valence-electron chi connectivity index (χ0n) is 25.7. The zero-order valence-corrected chi connectivity index (χ0v) is 25.7. The van der Waals surface area contributed by atoms with Gasteiger partial charge in [-0.05, 0) is 48.0 Å². The number of halogens is 5. The molecule has 250 valence electrons. The molecule has 14 heteroatoms. The molecule has 4 heterocycles. The number of alkyl halides is 3. The van der Waals surface area contributed by atoms with E-state index in [1.54, 1.807) is 12.1 Å². The molecular weight excluding hydrogens is 639 g/mol. The van der Waals surface area contributed by atoms with E-state index in [0.29, 0.717) is 35.6 Å². The summed E-state index contributed by atoms with van der Waals surface area (Å²) in [6, 6.07) is 13.8. The highest BCUT2D eigenvalue weighted by atomic mass is 19.4. The molecule has 1 fully saturated rings. The van der Waals surface area contributed by atoms with Gasteiger partial charge in [0.15, 0.2) is 6.61 Å². The van der Waals surface area contributed by atoms with Gasteiger partial charge in [-0.1, -0.05) is 19.9 Å². The number of rotatable bonds is 10. The molecule has 0 aliphatic carbocycles. The van der Waals surface area contributed by atoms with E-state index >= 15 is 8.78 Å². The van der Waals surface area contributed by atoms with Crippen LogP contribution in [0, 0.1) is 17.0 Å². The third kappa shape index (κ3) is 7.08. The van der Waals surface area contributed by atoms with Crippen LogP contribution in [0.15, 0.2) is 66.9 Å². The second-order valence-corrected chi connectivity index (χ2v) is 12.1. The van der Waals surface area contributed by atoms with E-state index in [0.717, 1.165) is 12.1 Å². The Morgan fingerprint density at radius 3 is 2.52 bits per heavy atom. The lowest BCUT2D eigenvalue weighted by atomic mass is 9.87. The van der Waals surface area contributed by atoms with Crippen LogP contribution in [-0.4, -0.2) is 56.6 Å². The Kier molecular flexibility index (Phi) is 8.77. The molecule has 6 rings (SSSR count). The van der Waals surface area contributed by atoms with E-state index in [2.05, 4.69) is 14.7 Å². The van der Waals surface area contributed by atoms with Crippen LogP contribution in [0.2, 0.25) is 0 Å². The van der Waals surface area contributed by atoms with Crippen LogP contribution in [0.1, 0.15) is 47.2 Å². The van der Waals surface area contributed by atoms with Gasteiger partial charge in [0.1, 0.15) is 24.1 Å². The molecule has 0 saturated carbocycles. The zero-order chi connectivity index (χ0) is 34.2. The Labute approximate surface area is 270 Å². The largest absolute Gasteiger partial charge is 0.478 e. The summed E-state index contributed by atoms with van der Waals surface area (Å²) >= 11 is 0. The summed E-state index contributed by atoms with van der Waals surface area (Å²) in [7, 11) is 0. The molecule has 9 nitrogen and oxygen atoms in total. The average Bonchev–Trinajstić information content (AvgIpc) is 3.57. The topological polar surface area (TPSA) is 109 Å². The number of carboxylic acids is 1. The highest BCUT2D eigenvalue weighted by Crippen LogP contribution is 2.40. The predicted molar refractivity (Wildman–Crippen MR) is 163 cm³/mol. The third-order valence-corrected chi connectivity index (χ3v) is 8.03. The number of imidazole rings is 1. The van der Waals surface area contributed by atoms with Crippen molar-refractivity contribution in [2.45, 2.75) is 39.1 Å². The number of carbonyl (C=O) groups is 1. The maximum Gasteiger partial charge on any atom is 0.422 e. The number of nitrogens with zero attached hydrogens (tertiary/aromatic N) is 4. The van der Waals surface area contributed by atoms with Gasteiger partial charge in [-0.2, -0.15) is 13.2 Å². The molecule has 0 spiro atoms. The smallest absolute Gasteiger partial charge is 0.422 e. The van der Waals surface area contributed by atoms with Gasteiger partial charge in [-0.15, -0.1) is 0 Å². The van der Waals surface area contributed by atoms with Crippen molar-refractivity contribution in [1.29, 1.82) is 0 Å². The van der Waals surface area contributed by atoms with E-state index in [9.17, 15) is 23.1 Å². The summed E-state index contributed by atoms with van der Waals surface area (Å²) in [6.45, 7) is 3.34. The third-order valence-electron chi connectivity index (χ3n) is 8.03. The fraction of sp³-hybridized carbons (Fsp3) is 0.294. The molecule has 1 unspecified atom stereocenters. The minimum absolute atomic E-state index is 0.0451. The van der Waals surface area contributed by atoms with E-state index in [1.807, 2.05) is 18.4 Å². The Morgan fingerprint density at radius 2 is 1.83 bits per heavy atom. The Bertz CT molecular complexity index is 1980. The molecule has 5 aromatic rings. The standard InChI is InChI=1S/C34H29F5N4O5/c1-33(2)17-46-16-28(33)43-27-11-20(32(44)45)7-8-26(27)41-29(43)12-21-10-24(36)22(13-23(21)35)25-4-3-5-31(42-25)47-15-19-6-9-30(40-14-19)48-18-34(37,38)39/h3-11,13-14,28H,12,15-18H2,1-2H3,(H,44,45). The molecule has 1 saturated heterocycles. The van der Waals surface area contributed by atoms with Crippen molar-refractivity contribution < 1.29 is 46.1 Å². The van der Waals surface area contributed by atoms with Crippen molar-refractivity contribution in [1.82, 2.24) is 19.5 Å². The summed E-state index contributed by atoms with van der Waals surface area (Å²) in [4.78, 5) is 24.5. The Hall–Kier alpha value is -5.11. The average molecular weight is 669 g/mol. The Morgan fingerprint density at radius 1 is 1.02 bits per heavy atom. The molecule has 1 atom stereocenters. The van der Waals surface area contributed by atoms with Crippen molar-refractivity contribution in [3.8, 4) is 23.0 Å². The van der Waals surface area contributed by atoms with Crippen LogP contribution in [0.4, 0.5) is 22.0 Å². The number of hydrogen-bond donors (Lipinski definition) is 1. The van der Waals surface area contributed by atoms with Crippen LogP contribution in [0.25, 0.3) is 22.3 Å². The van der Waals surface area contributed by atoms with Gasteiger partial charge in [0.2, 0.25) is 11.8 Å². The first kappa shape index (κ1) is 32.8. The fourth-order valence-electron chi connectivity index (χ4n) is 5.56. The molecule has 0 radical (unpaired) electrons. The number of hydrogen-bond acceptors (Lipinski definition) is 7. The normalized spacial score (nSPS) is 15.9. The van der Waals surface area contributed by atoms with Gasteiger partial charge < -0.3 is 23.9 Å². The second kappa shape index (κ2) is 12.8. The molecule has 0 bridgehead atoms. The van der Waals surface area contributed by atoms with Crippen molar-refractivity contribution in [2.24, 2.45) is 5.41 Å². The van der Waals surface area contributed by atoms with Crippen LogP contribution < -0.4 is 9.47 Å². The highest BCUT2D eigenvalue weighted by Gasteiger charge is 2.39. The highest BCUT2D eigenvalue weighted by molar-refractivity contribution is 5.92. The summed E-state index contributed by atoms with van der Waals surface area (Å²) in [5, 5.41) is 9.58. The van der Waals surface area contributed by atoms with Gasteiger partial charge in [0.05, 0.1) is 41.5 Å². The van der Waals surface area contributed by atoms with Crippen molar-refractivity contribution in [3.05, 3.63) is 101 Å². The molecular formula is C34H29F5N4O5. The van der Waals surface area contributed by atoms with Gasteiger partial charge in [0.25, 0.3) is 0 Å². The maximum atomic E-state index is 15.7. The molecule has 1 N–H and O–H groups in total. The van der Waals surface area contributed by atoms with E-state index in [4.69, 9.17) is 14.5 Å². The summed E-state index contributed by atoms with van der Waals surface area (Å²) in [6.07, 6.45) is -3.26. The maximum absolute atomic E-state index is 15.7. The molecule has 3 aromatic heterocycles. The van der Waals surface area contributed by atoms with Gasteiger partial charge in [-0.25, -0.2) is 28.5 Å². The number of aromatic nitrogens is 4. The first-order valence-electron chi connectivity index (χ1n) is 14.8. The number of carboxylic acid groups (broad SMARTS) is 1. The number of fused-ring (bicyclic) bond motifs is 1. The first-order chi connectivity index (χ1) is 22.8. The molecule has 0 amide bonds. The predicted octanol–water partition coefficient (Wildman–Crippen LogP) is 7.18. The fourth-order valence-corrected chi connectivity index (χ4v) is 5.56. The van der Waals surface area contributed by atoms with Gasteiger partial charge >= 0.3 is 12.1 Å². The van der Waals surface area contributed by atoms with Crippen molar-refractivity contribution in [3.63, 3.8) is 0 Å². The molecule has 48 heavy (non-hydrogen) atoms. The monoisotopic (exact) mass is 668 g/mol. The van der Waals surface area contributed by atoms with Crippen LogP contribution in [0.3, 0.4) is 0 Å². The van der Waals surface area contributed by atoms with E-state index in [-0.39, 0.29) is 58.6 Å². The lowest BCUT2D eigenvalue weighted by Crippen LogP contribution is -2.27. The molecule has 2 aromatic carbocycles. The molecule has 1 aliphatic heterocycles. The van der Waals surface area contributed by atoms with E-state index < -0.39 is 30.4 Å². The van der Waals surface area contributed by atoms with Crippen LogP contribution >= 0.6 is 0 Å². The summed E-state index contributed by atoms with van der Waals surface area (Å²) in [5.74, 6) is -2.17. The lowest BCUT2D eigenvalue weighted by Gasteiger charge is -2.28. The second-order valence-electron chi connectivity index (χ2n) is 12.1. The van der Waals surface area contributed by atoms with Gasteiger partial charge in [-0.3, -0.25) is 0 Å². The number of ether oxygens (including phenoxy) is 3. The first-order valence-corrected chi connectivity index (χ1v) is 14.8. The Balaban J connectivity index is 1.23. The van der Waals surface area contributed by atoms with Crippen LogP contribution in [-0.2, 0) is 17.8 Å². The number of pyridine rings is 2. The van der Waals surface area contributed by atoms with Crippen molar-refractivity contribution in [2.75, 3.05) is 19.8 Å². The minimum atomic E-state index is -4.49. The van der Waals surface area contributed by atoms with E-state index in [1.165, 1.54) is 42.6 Å². The SMILES string of the molecule is CC1(C)COCC1n1c(Cc2cc(F)c(-c3cccc(OCc4ccc(OCC(F)(F)F)nc4)n3)cc2F)nc2ccc(C(=O)O)cc21. The van der Waals surface area contributed by atoms with Crippen LogP contribution in [0.5, 0.6) is 11.8 Å². The number of aromatic carboxylic acids is 1. The molecule has 1 aliphatic rings.